The summed E-state index contributed by atoms with van der Waals surface area (Å²) in [5, 5.41) is 19.4. The molecule has 3 aromatic rings. The predicted octanol–water partition coefficient (Wildman–Crippen LogP) is 4.43. The zero-order valence-electron chi connectivity index (χ0n) is 18.3. The van der Waals surface area contributed by atoms with Crippen molar-refractivity contribution in [2.24, 2.45) is 5.16 Å². The number of nitrogens with zero attached hydrogens (tertiary/aromatic N) is 1. The molecule has 0 aliphatic carbocycles. The van der Waals surface area contributed by atoms with Gasteiger partial charge in [0.05, 0.1) is 27.5 Å². The smallest absolute Gasteiger partial charge is 0.150 e. The van der Waals surface area contributed by atoms with Crippen LogP contribution < -0.4 is 19.7 Å². The van der Waals surface area contributed by atoms with Gasteiger partial charge < -0.3 is 24.6 Å². The fraction of sp³-hybridized carbons (Fsp3) is 0.167. The highest BCUT2D eigenvalue weighted by atomic mass is 16.5. The molecule has 0 heterocycles. The van der Waals surface area contributed by atoms with Crippen LogP contribution in [0.2, 0.25) is 0 Å². The highest BCUT2D eigenvalue weighted by Gasteiger charge is 1.92. The Morgan fingerprint density at radius 3 is 1.53 bits per heavy atom. The first kappa shape index (κ1) is 26.2. The molecule has 0 atom stereocenters. The Hall–Kier alpha value is -3.88. The van der Waals surface area contributed by atoms with Crippen LogP contribution in [0.15, 0.2) is 78.0 Å². The summed E-state index contributed by atoms with van der Waals surface area (Å²) in [4.78, 5) is 10.2. The van der Waals surface area contributed by atoms with Gasteiger partial charge in [0, 0.05) is 13.5 Å². The molecule has 0 amide bonds. The van der Waals surface area contributed by atoms with Crippen molar-refractivity contribution in [2.75, 3.05) is 21.3 Å². The highest BCUT2D eigenvalue weighted by Crippen LogP contribution is 2.11. The number of aldehydes is 1. The van der Waals surface area contributed by atoms with Gasteiger partial charge in [-0.3, -0.25) is 4.79 Å². The fourth-order valence-corrected chi connectivity index (χ4v) is 2.27. The van der Waals surface area contributed by atoms with Crippen LogP contribution in [-0.4, -0.2) is 44.2 Å². The maximum absolute atomic E-state index is 10.2. The van der Waals surface area contributed by atoms with Crippen LogP contribution in [0.4, 0.5) is 0 Å². The third-order valence-electron chi connectivity index (χ3n) is 4.02. The van der Waals surface area contributed by atoms with Gasteiger partial charge in [-0.2, -0.15) is 0 Å². The van der Waals surface area contributed by atoms with E-state index in [0.29, 0.717) is 12.1 Å². The van der Waals surface area contributed by atoms with E-state index in [1.807, 2.05) is 24.3 Å². The van der Waals surface area contributed by atoms with Crippen LogP contribution in [0.1, 0.15) is 22.9 Å². The number of hydrogen-bond acceptors (Lipinski definition) is 8. The molecule has 0 aromatic heterocycles. The van der Waals surface area contributed by atoms with Crippen molar-refractivity contribution in [3.63, 3.8) is 0 Å². The monoisotopic (exact) mass is 443 g/mol. The molecule has 3 N–H and O–H groups in total. The van der Waals surface area contributed by atoms with E-state index in [9.17, 15) is 4.79 Å². The molecule has 0 spiro atoms. The number of ether oxygens (including phenoxy) is 3. The molecule has 0 bridgehead atoms. The van der Waals surface area contributed by atoms with Crippen LogP contribution in [0.25, 0.3) is 0 Å². The first-order valence-electron chi connectivity index (χ1n) is 9.50. The van der Waals surface area contributed by atoms with Crippen LogP contribution in [-0.2, 0) is 6.54 Å². The van der Waals surface area contributed by atoms with Crippen molar-refractivity contribution in [3.8, 4) is 17.2 Å². The Morgan fingerprint density at radius 2 is 1.19 bits per heavy atom. The summed E-state index contributed by atoms with van der Waals surface area (Å²) in [5.74, 6) is 2.39. The Morgan fingerprint density at radius 1 is 0.781 bits per heavy atom. The van der Waals surface area contributed by atoms with Crippen LogP contribution in [0.5, 0.6) is 17.2 Å². The van der Waals surface area contributed by atoms with E-state index in [2.05, 4.69) is 10.6 Å². The Balaban J connectivity index is 0.000000459. The largest absolute Gasteiger partial charge is 0.497 e. The van der Waals surface area contributed by atoms with E-state index in [1.54, 1.807) is 69.9 Å². The summed E-state index contributed by atoms with van der Waals surface area (Å²) >= 11 is 0. The van der Waals surface area contributed by atoms with Crippen molar-refractivity contribution >= 4 is 12.5 Å². The molecule has 32 heavy (non-hydrogen) atoms. The van der Waals surface area contributed by atoms with Crippen molar-refractivity contribution in [2.45, 2.75) is 6.54 Å². The normalized spacial score (nSPS) is 9.62. The van der Waals surface area contributed by atoms with Crippen molar-refractivity contribution < 1.29 is 30.8 Å². The number of hydroxylamine groups is 1. The van der Waals surface area contributed by atoms with Crippen molar-refractivity contribution in [1.82, 2.24) is 5.48 Å². The fourth-order valence-electron chi connectivity index (χ4n) is 2.27. The quantitative estimate of drug-likeness (QED) is 0.214. The summed E-state index contributed by atoms with van der Waals surface area (Å²) in [6.45, 7) is 0.462. The maximum Gasteiger partial charge on any atom is 0.150 e. The first-order chi connectivity index (χ1) is 15.6. The summed E-state index contributed by atoms with van der Waals surface area (Å²) < 4.78 is 14.8. The molecule has 8 nitrogen and oxygen atoms in total. The number of benzene rings is 3. The number of nitrogens with one attached hydrogen (secondary N) is 1. The minimum atomic E-state index is 0. The predicted molar refractivity (Wildman–Crippen MR) is 124 cm³/mol. The van der Waals surface area contributed by atoms with Gasteiger partial charge in [-0.1, -0.05) is 17.3 Å². The van der Waals surface area contributed by atoms with Crippen LogP contribution in [0.3, 0.4) is 0 Å². The minimum Gasteiger partial charge on any atom is -0.497 e. The van der Waals surface area contributed by atoms with Crippen molar-refractivity contribution in [3.05, 3.63) is 89.5 Å². The summed E-state index contributed by atoms with van der Waals surface area (Å²) in [6.07, 6.45) is 2.17. The molecule has 0 aliphatic rings. The van der Waals surface area contributed by atoms with Crippen molar-refractivity contribution in [1.29, 1.82) is 0 Å². The second-order valence-electron chi connectivity index (χ2n) is 6.09. The van der Waals surface area contributed by atoms with Gasteiger partial charge in [-0.05, 0) is 71.8 Å². The van der Waals surface area contributed by atoms with Gasteiger partial charge in [-0.15, -0.1) is 0 Å². The molecule has 8 heteroatoms. The topological polar surface area (TPSA) is 110 Å². The number of rotatable bonds is 7. The maximum atomic E-state index is 10.2. The van der Waals surface area contributed by atoms with Gasteiger partial charge >= 0.3 is 0 Å². The van der Waals surface area contributed by atoms with Crippen LogP contribution in [0, 0.1) is 0 Å². The molecule has 0 unspecified atom stereocenters. The molecule has 3 rings (SSSR count). The number of methoxy groups -OCH3 is 3. The minimum absolute atomic E-state index is 0. The van der Waals surface area contributed by atoms with E-state index >= 15 is 0 Å². The van der Waals surface area contributed by atoms with E-state index in [4.69, 9.17) is 24.6 Å². The standard InChI is InChI=1S/C8H11NO2.C8H9NO2.C8H8O2.H2/c2*1-11-8-4-2-7(3-5-8)6-9-10;1-10-8-4-2-7(6-9)3-5-8;/h2-5,9-10H,6H2,1H3;2-6,10H,1H3;2-6H,1H3;1H/b;9-6+;;/i;;;1+1. The zero-order chi connectivity index (χ0) is 23.6. The molecular weight excluding hydrogens is 412 g/mol. The Kier molecular flexibility index (Phi) is 13.0. The Labute approximate surface area is 189 Å². The number of hydrogen-bond donors (Lipinski definition) is 3. The molecule has 0 radical (unpaired) electrons. The lowest BCUT2D eigenvalue weighted by Crippen LogP contribution is -2.05. The lowest BCUT2D eigenvalue weighted by atomic mass is 10.2. The first-order valence-corrected chi connectivity index (χ1v) is 9.50. The molecule has 0 saturated heterocycles. The van der Waals surface area contributed by atoms with E-state index in [0.717, 1.165) is 34.7 Å². The second-order valence-corrected chi connectivity index (χ2v) is 6.09. The van der Waals surface area contributed by atoms with Crippen LogP contribution >= 0.6 is 0 Å². The summed E-state index contributed by atoms with van der Waals surface area (Å²) in [6, 6.07) is 21.6. The van der Waals surface area contributed by atoms with Gasteiger partial charge in [-0.25, -0.2) is 5.48 Å². The Bertz CT molecular complexity index is 917. The molecule has 0 fully saturated rings. The average Bonchev–Trinajstić information content (AvgIpc) is 2.86. The summed E-state index contributed by atoms with van der Waals surface area (Å²) in [7, 11) is 4.82. The molecule has 3 aromatic carbocycles. The number of carbonyl (C=O) groups is 1. The average molecular weight is 444 g/mol. The van der Waals surface area contributed by atoms with E-state index in [-0.39, 0.29) is 1.43 Å². The molecular formula is C24H30N2O6. The lowest BCUT2D eigenvalue weighted by molar-refractivity contribution is 0.112. The SMILES string of the molecule is COc1ccc(/C=N/O)cc1.COc1ccc(C=O)cc1.COc1ccc(CNO)cc1.[2HH]. The van der Waals surface area contributed by atoms with Gasteiger partial charge in [0.2, 0.25) is 0 Å². The lowest BCUT2D eigenvalue weighted by Gasteiger charge is -2.01. The molecule has 172 valence electrons. The van der Waals surface area contributed by atoms with Gasteiger partial charge in [0.15, 0.2) is 0 Å². The third kappa shape index (κ3) is 10.2. The third-order valence-corrected chi connectivity index (χ3v) is 4.02. The van der Waals surface area contributed by atoms with E-state index < -0.39 is 0 Å². The molecule has 0 saturated carbocycles. The van der Waals surface area contributed by atoms with Gasteiger partial charge in [0.25, 0.3) is 0 Å². The number of oxime groups is 1. The zero-order valence-corrected chi connectivity index (χ0v) is 18.3. The van der Waals surface area contributed by atoms with E-state index in [1.165, 1.54) is 6.21 Å². The second kappa shape index (κ2) is 15.9. The highest BCUT2D eigenvalue weighted by molar-refractivity contribution is 5.79. The number of carbonyl (C=O) groups excluding carboxylic acids is 1. The van der Waals surface area contributed by atoms with Gasteiger partial charge in [0.1, 0.15) is 23.5 Å². The molecule has 0 aliphatic heterocycles. The summed E-state index contributed by atoms with van der Waals surface area (Å²) in [5.41, 5.74) is 4.61.